The number of ketones is 1. The van der Waals surface area contributed by atoms with Crippen molar-refractivity contribution in [1.82, 2.24) is 0 Å². The van der Waals surface area contributed by atoms with E-state index in [0.29, 0.717) is 11.8 Å². The summed E-state index contributed by atoms with van der Waals surface area (Å²) in [5.41, 5.74) is 0.680. The van der Waals surface area contributed by atoms with Crippen molar-refractivity contribution in [3.63, 3.8) is 0 Å². The molecule has 0 saturated heterocycles. The maximum Gasteiger partial charge on any atom is 0.203 e. The van der Waals surface area contributed by atoms with Crippen LogP contribution in [-0.4, -0.2) is 12.4 Å². The lowest BCUT2D eigenvalue weighted by Gasteiger charge is -2.09. The Kier molecular flexibility index (Phi) is 4.49. The number of ether oxygens (including phenoxy) is 1. The lowest BCUT2D eigenvalue weighted by Crippen LogP contribution is -2.13. The van der Waals surface area contributed by atoms with Gasteiger partial charge in [-0.1, -0.05) is 22.0 Å². The highest BCUT2D eigenvalue weighted by Crippen LogP contribution is 2.23. The molecule has 2 rings (SSSR count). The molecule has 0 radical (unpaired) electrons. The third-order valence-corrected chi connectivity index (χ3v) is 3.23. The molecule has 0 N–H and O–H groups in total. The number of benzene rings is 2. The molecule has 0 atom stereocenters. The first-order valence-electron chi connectivity index (χ1n) is 5.84. The average Bonchev–Trinajstić information content (AvgIpc) is 2.39. The smallest absolute Gasteiger partial charge is 0.203 e. The van der Waals surface area contributed by atoms with Gasteiger partial charge in [-0.15, -0.1) is 0 Å². The molecule has 20 heavy (non-hydrogen) atoms. The van der Waals surface area contributed by atoms with Crippen LogP contribution in [0.1, 0.15) is 15.9 Å². The standard InChI is InChI=1S/C15H11BrF2O2/c1-9-2-3-10(16)6-15(9)20-8-14(19)12-5-4-11(17)7-13(12)18/h2-7H,8H2,1H3. The number of carbonyl (C=O) groups excluding carboxylic acids is 1. The van der Waals surface area contributed by atoms with Crippen molar-refractivity contribution >= 4 is 21.7 Å². The van der Waals surface area contributed by atoms with E-state index in [9.17, 15) is 13.6 Å². The van der Waals surface area contributed by atoms with Crippen molar-refractivity contribution in [2.75, 3.05) is 6.61 Å². The first kappa shape index (κ1) is 14.7. The van der Waals surface area contributed by atoms with Crippen LogP contribution in [0.25, 0.3) is 0 Å². The summed E-state index contributed by atoms with van der Waals surface area (Å²) in [7, 11) is 0. The molecule has 0 heterocycles. The van der Waals surface area contributed by atoms with Gasteiger partial charge in [-0.2, -0.15) is 0 Å². The summed E-state index contributed by atoms with van der Waals surface area (Å²) >= 11 is 3.30. The molecule has 5 heteroatoms. The highest BCUT2D eigenvalue weighted by Gasteiger charge is 2.13. The largest absolute Gasteiger partial charge is 0.485 e. The van der Waals surface area contributed by atoms with Crippen molar-refractivity contribution in [2.24, 2.45) is 0 Å². The van der Waals surface area contributed by atoms with E-state index in [0.717, 1.165) is 22.2 Å². The fourth-order valence-corrected chi connectivity index (χ4v) is 2.01. The number of rotatable bonds is 4. The predicted molar refractivity (Wildman–Crippen MR) is 75.1 cm³/mol. The van der Waals surface area contributed by atoms with E-state index in [1.807, 2.05) is 19.1 Å². The van der Waals surface area contributed by atoms with E-state index >= 15 is 0 Å². The van der Waals surface area contributed by atoms with Crippen LogP contribution < -0.4 is 4.74 Å². The van der Waals surface area contributed by atoms with Gasteiger partial charge in [-0.3, -0.25) is 4.79 Å². The van der Waals surface area contributed by atoms with E-state index in [-0.39, 0.29) is 12.2 Å². The quantitative estimate of drug-likeness (QED) is 0.775. The maximum atomic E-state index is 13.4. The predicted octanol–water partition coefficient (Wildman–Crippen LogP) is 4.30. The van der Waals surface area contributed by atoms with E-state index in [2.05, 4.69) is 15.9 Å². The number of hydrogen-bond donors (Lipinski definition) is 0. The molecule has 0 spiro atoms. The van der Waals surface area contributed by atoms with Gasteiger partial charge < -0.3 is 4.74 Å². The first-order chi connectivity index (χ1) is 9.47. The second kappa shape index (κ2) is 6.13. The Morgan fingerprint density at radius 1 is 1.20 bits per heavy atom. The van der Waals surface area contributed by atoms with Crippen LogP contribution >= 0.6 is 15.9 Å². The SMILES string of the molecule is Cc1ccc(Br)cc1OCC(=O)c1ccc(F)cc1F. The van der Waals surface area contributed by atoms with Gasteiger partial charge in [0.2, 0.25) is 5.78 Å². The summed E-state index contributed by atoms with van der Waals surface area (Å²) in [5, 5.41) is 0. The number of hydrogen-bond acceptors (Lipinski definition) is 2. The monoisotopic (exact) mass is 340 g/mol. The van der Waals surface area contributed by atoms with Gasteiger partial charge in [-0.25, -0.2) is 8.78 Å². The van der Waals surface area contributed by atoms with Gasteiger partial charge in [-0.05, 0) is 36.8 Å². The fraction of sp³-hybridized carbons (Fsp3) is 0.133. The molecule has 2 nitrogen and oxygen atoms in total. The number of aryl methyl sites for hydroxylation is 1. The molecule has 0 fully saturated rings. The lowest BCUT2D eigenvalue weighted by atomic mass is 10.1. The topological polar surface area (TPSA) is 26.3 Å². The van der Waals surface area contributed by atoms with Crippen LogP contribution in [-0.2, 0) is 0 Å². The molecular formula is C15H11BrF2O2. The molecule has 0 aliphatic carbocycles. The fourth-order valence-electron chi connectivity index (χ4n) is 1.67. The van der Waals surface area contributed by atoms with Crippen LogP contribution in [0.5, 0.6) is 5.75 Å². The Hall–Kier alpha value is -1.75. The van der Waals surface area contributed by atoms with Crippen LogP contribution in [0.15, 0.2) is 40.9 Å². The van der Waals surface area contributed by atoms with Gasteiger partial charge in [0, 0.05) is 10.5 Å². The number of carbonyl (C=O) groups is 1. The third-order valence-electron chi connectivity index (χ3n) is 2.74. The van der Waals surface area contributed by atoms with Crippen molar-refractivity contribution < 1.29 is 18.3 Å². The molecule has 0 aliphatic rings. The molecule has 0 unspecified atom stereocenters. The molecule has 2 aromatic rings. The van der Waals surface area contributed by atoms with E-state index < -0.39 is 17.4 Å². The summed E-state index contributed by atoms with van der Waals surface area (Å²) in [6.07, 6.45) is 0. The molecule has 0 saturated carbocycles. The summed E-state index contributed by atoms with van der Waals surface area (Å²) in [5.74, 6) is -1.61. The van der Waals surface area contributed by atoms with Gasteiger partial charge in [0.25, 0.3) is 0 Å². The minimum atomic E-state index is -0.885. The zero-order valence-electron chi connectivity index (χ0n) is 10.6. The third kappa shape index (κ3) is 3.42. The van der Waals surface area contributed by atoms with Gasteiger partial charge in [0.05, 0.1) is 5.56 Å². The number of Topliss-reactive ketones (excluding diaryl/α,β-unsaturated/α-hetero) is 1. The summed E-state index contributed by atoms with van der Waals surface area (Å²) < 4.78 is 32.4. The molecule has 2 aromatic carbocycles. The van der Waals surface area contributed by atoms with Crippen molar-refractivity contribution in [2.45, 2.75) is 6.92 Å². The van der Waals surface area contributed by atoms with E-state index in [4.69, 9.17) is 4.74 Å². The molecule has 0 aromatic heterocycles. The second-order valence-electron chi connectivity index (χ2n) is 4.25. The van der Waals surface area contributed by atoms with E-state index in [1.165, 1.54) is 0 Å². The van der Waals surface area contributed by atoms with Crippen molar-refractivity contribution in [3.05, 3.63) is 63.6 Å². The summed E-state index contributed by atoms with van der Waals surface area (Å²) in [4.78, 5) is 11.8. The summed E-state index contributed by atoms with van der Waals surface area (Å²) in [6.45, 7) is 1.53. The lowest BCUT2D eigenvalue weighted by molar-refractivity contribution is 0.0917. The Labute approximate surface area is 123 Å². The zero-order chi connectivity index (χ0) is 14.7. The van der Waals surface area contributed by atoms with Gasteiger partial charge in [0.15, 0.2) is 6.61 Å². The highest BCUT2D eigenvalue weighted by molar-refractivity contribution is 9.10. The Morgan fingerprint density at radius 3 is 2.65 bits per heavy atom. The van der Waals surface area contributed by atoms with Crippen LogP contribution in [0.4, 0.5) is 8.78 Å². The molecule has 0 aliphatic heterocycles. The van der Waals surface area contributed by atoms with Crippen molar-refractivity contribution in [3.8, 4) is 5.75 Å². The van der Waals surface area contributed by atoms with E-state index in [1.54, 1.807) is 6.07 Å². The second-order valence-corrected chi connectivity index (χ2v) is 5.16. The minimum Gasteiger partial charge on any atom is -0.485 e. The Bertz CT molecular complexity index is 656. The highest BCUT2D eigenvalue weighted by atomic mass is 79.9. The van der Waals surface area contributed by atoms with Crippen molar-refractivity contribution in [1.29, 1.82) is 0 Å². The number of halogens is 3. The summed E-state index contributed by atoms with van der Waals surface area (Å²) in [6, 6.07) is 8.25. The first-order valence-corrected chi connectivity index (χ1v) is 6.64. The minimum absolute atomic E-state index is 0.181. The zero-order valence-corrected chi connectivity index (χ0v) is 12.2. The van der Waals surface area contributed by atoms with Gasteiger partial charge in [0.1, 0.15) is 17.4 Å². The Balaban J connectivity index is 2.10. The van der Waals surface area contributed by atoms with Crippen LogP contribution in [0, 0.1) is 18.6 Å². The van der Waals surface area contributed by atoms with Crippen LogP contribution in [0.2, 0.25) is 0 Å². The molecule has 104 valence electrons. The Morgan fingerprint density at radius 2 is 1.95 bits per heavy atom. The van der Waals surface area contributed by atoms with Gasteiger partial charge >= 0.3 is 0 Å². The normalized spacial score (nSPS) is 10.4. The average molecular weight is 341 g/mol. The maximum absolute atomic E-state index is 13.4. The molecule has 0 amide bonds. The molecular weight excluding hydrogens is 330 g/mol. The molecule has 0 bridgehead atoms. The van der Waals surface area contributed by atoms with Crippen LogP contribution in [0.3, 0.4) is 0 Å².